The third-order valence-corrected chi connectivity index (χ3v) is 3.44. The summed E-state index contributed by atoms with van der Waals surface area (Å²) in [5, 5.41) is 0.738. The molecule has 0 amide bonds. The molecular formula is C14H18ClNO3. The first-order valence-corrected chi connectivity index (χ1v) is 6.66. The van der Waals surface area contributed by atoms with Crippen LogP contribution in [-0.4, -0.2) is 44.2 Å². The summed E-state index contributed by atoms with van der Waals surface area (Å²) in [5.41, 5.74) is 1.15. The minimum atomic E-state index is -0.186. The molecule has 0 N–H and O–H groups in total. The minimum absolute atomic E-state index is 0.121. The summed E-state index contributed by atoms with van der Waals surface area (Å²) in [7, 11) is 3.38. The van der Waals surface area contributed by atoms with Gasteiger partial charge in [-0.05, 0) is 30.8 Å². The van der Waals surface area contributed by atoms with Crippen LogP contribution in [0, 0.1) is 0 Å². The van der Waals surface area contributed by atoms with Gasteiger partial charge in [-0.15, -0.1) is 0 Å². The van der Waals surface area contributed by atoms with Crippen LogP contribution in [0.4, 0.5) is 0 Å². The molecule has 1 aromatic rings. The van der Waals surface area contributed by atoms with E-state index in [-0.39, 0.29) is 12.1 Å². The second-order valence-electron chi connectivity index (χ2n) is 4.78. The molecule has 0 spiro atoms. The van der Waals surface area contributed by atoms with E-state index in [0.717, 1.165) is 29.3 Å². The van der Waals surface area contributed by atoms with Gasteiger partial charge in [0.1, 0.15) is 11.9 Å². The molecule has 0 aromatic heterocycles. The molecule has 1 unspecified atom stereocenters. The van der Waals surface area contributed by atoms with E-state index in [9.17, 15) is 4.79 Å². The molecule has 1 heterocycles. The van der Waals surface area contributed by atoms with Gasteiger partial charge in [-0.25, -0.2) is 0 Å². The number of ether oxygens (including phenoxy) is 2. The molecule has 1 atom stereocenters. The van der Waals surface area contributed by atoms with E-state index in [4.69, 9.17) is 16.3 Å². The Morgan fingerprint density at radius 2 is 2.37 bits per heavy atom. The van der Waals surface area contributed by atoms with E-state index in [0.29, 0.717) is 13.0 Å². The van der Waals surface area contributed by atoms with Gasteiger partial charge in [0.25, 0.3) is 0 Å². The maximum Gasteiger partial charge on any atom is 0.306 e. The van der Waals surface area contributed by atoms with Gasteiger partial charge in [0.05, 0.1) is 13.5 Å². The number of carbonyl (C=O) groups is 1. The molecule has 19 heavy (non-hydrogen) atoms. The Bertz CT molecular complexity index is 464. The summed E-state index contributed by atoms with van der Waals surface area (Å²) < 4.78 is 10.5. The van der Waals surface area contributed by atoms with Crippen molar-refractivity contribution in [3.63, 3.8) is 0 Å². The average molecular weight is 284 g/mol. The van der Waals surface area contributed by atoms with Gasteiger partial charge in [0.15, 0.2) is 0 Å². The zero-order chi connectivity index (χ0) is 13.8. The first-order chi connectivity index (χ1) is 9.08. The lowest BCUT2D eigenvalue weighted by atomic mass is 10.1. The fraction of sp³-hybridized carbons (Fsp3) is 0.500. The van der Waals surface area contributed by atoms with Crippen molar-refractivity contribution in [2.24, 2.45) is 0 Å². The topological polar surface area (TPSA) is 38.8 Å². The summed E-state index contributed by atoms with van der Waals surface area (Å²) in [6.07, 6.45) is 1.38. The van der Waals surface area contributed by atoms with Gasteiger partial charge in [-0.1, -0.05) is 11.6 Å². The molecule has 0 radical (unpaired) electrons. The van der Waals surface area contributed by atoms with Gasteiger partial charge >= 0.3 is 5.97 Å². The normalized spacial score (nSPS) is 17.2. The summed E-state index contributed by atoms with van der Waals surface area (Å²) in [4.78, 5) is 13.2. The largest absolute Gasteiger partial charge is 0.488 e. The van der Waals surface area contributed by atoms with Crippen molar-refractivity contribution in [2.75, 3.05) is 27.2 Å². The molecule has 4 nitrogen and oxygen atoms in total. The Morgan fingerprint density at radius 3 is 3.11 bits per heavy atom. The van der Waals surface area contributed by atoms with Crippen molar-refractivity contribution in [2.45, 2.75) is 18.9 Å². The third kappa shape index (κ3) is 3.85. The smallest absolute Gasteiger partial charge is 0.306 e. The summed E-state index contributed by atoms with van der Waals surface area (Å²) in [6.45, 7) is 1.45. The number of carbonyl (C=O) groups excluding carboxylic acids is 1. The Labute approximate surface area is 118 Å². The molecule has 0 saturated carbocycles. The number of hydrogen-bond donors (Lipinski definition) is 0. The van der Waals surface area contributed by atoms with Crippen LogP contribution in [0.5, 0.6) is 5.75 Å². The lowest BCUT2D eigenvalue weighted by molar-refractivity contribution is -0.140. The van der Waals surface area contributed by atoms with Crippen LogP contribution >= 0.6 is 11.6 Å². The number of benzene rings is 1. The number of halogens is 1. The molecule has 1 aliphatic rings. The van der Waals surface area contributed by atoms with Crippen molar-refractivity contribution in [3.05, 3.63) is 28.8 Å². The van der Waals surface area contributed by atoms with Crippen LogP contribution in [-0.2, 0) is 16.0 Å². The molecule has 1 aromatic carbocycles. The number of esters is 1. The van der Waals surface area contributed by atoms with Gasteiger partial charge in [-0.3, -0.25) is 4.79 Å². The Kier molecular flexibility index (Phi) is 4.66. The van der Waals surface area contributed by atoms with E-state index >= 15 is 0 Å². The van der Waals surface area contributed by atoms with Crippen molar-refractivity contribution in [1.82, 2.24) is 4.90 Å². The monoisotopic (exact) mass is 283 g/mol. The fourth-order valence-corrected chi connectivity index (χ4v) is 2.41. The standard InChI is InChI=1S/C14H18ClNO3/c1-16(6-5-14(17)18-2)9-12-8-10-7-11(15)3-4-13(10)19-12/h3-4,7,12H,5-6,8-9H2,1-2H3. The lowest BCUT2D eigenvalue weighted by Crippen LogP contribution is -2.33. The molecule has 2 rings (SSSR count). The Morgan fingerprint density at radius 1 is 1.58 bits per heavy atom. The highest BCUT2D eigenvalue weighted by Gasteiger charge is 2.24. The van der Waals surface area contributed by atoms with Crippen molar-refractivity contribution < 1.29 is 14.3 Å². The predicted molar refractivity (Wildman–Crippen MR) is 73.7 cm³/mol. The minimum Gasteiger partial charge on any atom is -0.488 e. The average Bonchev–Trinajstić information content (AvgIpc) is 2.77. The Balaban J connectivity index is 1.81. The second kappa shape index (κ2) is 6.26. The zero-order valence-corrected chi connectivity index (χ0v) is 11.9. The number of likely N-dealkylation sites (N-methyl/N-ethyl adjacent to an activating group) is 1. The van der Waals surface area contributed by atoms with Gasteiger partial charge in [0, 0.05) is 24.5 Å². The molecular weight excluding hydrogens is 266 g/mol. The number of rotatable bonds is 5. The molecule has 0 saturated heterocycles. The maximum atomic E-state index is 11.1. The third-order valence-electron chi connectivity index (χ3n) is 3.20. The first-order valence-electron chi connectivity index (χ1n) is 6.29. The van der Waals surface area contributed by atoms with Crippen LogP contribution in [0.25, 0.3) is 0 Å². The highest BCUT2D eigenvalue weighted by Crippen LogP contribution is 2.31. The lowest BCUT2D eigenvalue weighted by Gasteiger charge is -2.20. The molecule has 5 heteroatoms. The van der Waals surface area contributed by atoms with Crippen LogP contribution < -0.4 is 4.74 Å². The highest BCUT2D eigenvalue weighted by molar-refractivity contribution is 6.30. The maximum absolute atomic E-state index is 11.1. The number of fused-ring (bicyclic) bond motifs is 1. The van der Waals surface area contributed by atoms with E-state index in [2.05, 4.69) is 9.64 Å². The van der Waals surface area contributed by atoms with Gasteiger partial charge in [0.2, 0.25) is 0 Å². The molecule has 0 fully saturated rings. The van der Waals surface area contributed by atoms with Crippen molar-refractivity contribution in [1.29, 1.82) is 0 Å². The summed E-state index contributed by atoms with van der Waals surface area (Å²) in [5.74, 6) is 0.727. The summed E-state index contributed by atoms with van der Waals surface area (Å²) >= 11 is 5.96. The van der Waals surface area contributed by atoms with Crippen molar-refractivity contribution in [3.8, 4) is 5.75 Å². The number of methoxy groups -OCH3 is 1. The van der Waals surface area contributed by atoms with E-state index in [1.54, 1.807) is 0 Å². The number of hydrogen-bond acceptors (Lipinski definition) is 4. The van der Waals surface area contributed by atoms with Crippen LogP contribution in [0.2, 0.25) is 5.02 Å². The van der Waals surface area contributed by atoms with Crippen LogP contribution in [0.3, 0.4) is 0 Å². The predicted octanol–water partition coefficient (Wildman–Crippen LogP) is 2.14. The fourth-order valence-electron chi connectivity index (χ4n) is 2.21. The quantitative estimate of drug-likeness (QED) is 0.776. The number of nitrogens with zero attached hydrogens (tertiary/aromatic N) is 1. The van der Waals surface area contributed by atoms with Crippen molar-refractivity contribution >= 4 is 17.6 Å². The van der Waals surface area contributed by atoms with E-state index in [1.165, 1.54) is 7.11 Å². The first kappa shape index (κ1) is 14.2. The van der Waals surface area contributed by atoms with E-state index < -0.39 is 0 Å². The van der Waals surface area contributed by atoms with Gasteiger partial charge < -0.3 is 14.4 Å². The van der Waals surface area contributed by atoms with Crippen LogP contribution in [0.15, 0.2) is 18.2 Å². The summed E-state index contributed by atoms with van der Waals surface area (Å²) in [6, 6.07) is 5.70. The zero-order valence-electron chi connectivity index (χ0n) is 11.2. The molecule has 0 aliphatic carbocycles. The van der Waals surface area contributed by atoms with E-state index in [1.807, 2.05) is 25.2 Å². The Hall–Kier alpha value is -1.26. The highest BCUT2D eigenvalue weighted by atomic mass is 35.5. The molecule has 1 aliphatic heterocycles. The molecule has 104 valence electrons. The van der Waals surface area contributed by atoms with Gasteiger partial charge in [-0.2, -0.15) is 0 Å². The van der Waals surface area contributed by atoms with Crippen LogP contribution in [0.1, 0.15) is 12.0 Å². The molecule has 0 bridgehead atoms. The SMILES string of the molecule is COC(=O)CCN(C)CC1Cc2cc(Cl)ccc2O1. The second-order valence-corrected chi connectivity index (χ2v) is 5.22.